The Hall–Kier alpha value is -1.56. The number of hydrogen-bond donors (Lipinski definition) is 3. The van der Waals surface area contributed by atoms with Gasteiger partial charge in [0.05, 0.1) is 5.92 Å². The molecule has 4 N–H and O–H groups in total. The van der Waals surface area contributed by atoms with E-state index in [0.29, 0.717) is 12.1 Å². The molecule has 2 atom stereocenters. The minimum Gasteiger partial charge on any atom is -0.481 e. The number of nitrogens with two attached hydrogens (primary N) is 1. The highest BCUT2D eigenvalue weighted by Gasteiger charge is 2.32. The van der Waals surface area contributed by atoms with Gasteiger partial charge in [0.2, 0.25) is 5.91 Å². The average molecular weight is 341 g/mol. The van der Waals surface area contributed by atoms with Crippen LogP contribution in [0, 0.1) is 11.8 Å². The van der Waals surface area contributed by atoms with Gasteiger partial charge in [0, 0.05) is 22.3 Å². The topological polar surface area (TPSA) is 92.4 Å². The van der Waals surface area contributed by atoms with E-state index in [1.54, 1.807) is 18.2 Å². The van der Waals surface area contributed by atoms with Crippen LogP contribution in [-0.4, -0.2) is 23.5 Å². The summed E-state index contributed by atoms with van der Waals surface area (Å²) in [5.41, 5.74) is 6.49. The van der Waals surface area contributed by atoms with E-state index < -0.39 is 11.9 Å². The summed E-state index contributed by atoms with van der Waals surface area (Å²) in [5, 5.41) is 12.4. The van der Waals surface area contributed by atoms with Crippen LogP contribution < -0.4 is 11.1 Å². The molecule has 1 aliphatic carbocycles. The monoisotopic (exact) mass is 340 g/mol. The number of carboxylic acids is 1. The molecule has 0 radical (unpaired) electrons. The molecule has 6 heteroatoms. The van der Waals surface area contributed by atoms with Crippen LogP contribution >= 0.6 is 15.9 Å². The molecule has 0 bridgehead atoms. The third-order valence-corrected chi connectivity index (χ3v) is 4.44. The summed E-state index contributed by atoms with van der Waals surface area (Å²) < 4.78 is 0.749. The van der Waals surface area contributed by atoms with Crippen molar-refractivity contribution in [1.82, 2.24) is 0 Å². The highest BCUT2D eigenvalue weighted by Crippen LogP contribution is 2.33. The molecule has 5 nitrogen and oxygen atoms in total. The molecule has 0 heterocycles. The fourth-order valence-corrected chi connectivity index (χ4v) is 3.18. The van der Waals surface area contributed by atoms with Crippen LogP contribution in [0.2, 0.25) is 0 Å². The quantitative estimate of drug-likeness (QED) is 0.767. The standard InChI is InChI=1S/C14H17BrN2O3/c15-11-6-8(13(16)18)4-5-12(11)17-7-9-2-1-3-10(9)14(19)20/h4-6,9-10,17H,1-3,7H2,(H2,16,18)(H,19,20). The number of anilines is 1. The van der Waals surface area contributed by atoms with E-state index in [4.69, 9.17) is 10.8 Å². The molecule has 1 fully saturated rings. The Morgan fingerprint density at radius 2 is 2.15 bits per heavy atom. The molecular weight excluding hydrogens is 324 g/mol. The van der Waals surface area contributed by atoms with Gasteiger partial charge >= 0.3 is 5.97 Å². The smallest absolute Gasteiger partial charge is 0.306 e. The van der Waals surface area contributed by atoms with Crippen molar-refractivity contribution in [1.29, 1.82) is 0 Å². The minimum atomic E-state index is -0.711. The molecule has 2 rings (SSSR count). The number of halogens is 1. The summed E-state index contributed by atoms with van der Waals surface area (Å²) in [6.07, 6.45) is 2.65. The van der Waals surface area contributed by atoms with Gasteiger partial charge in [-0.25, -0.2) is 0 Å². The van der Waals surface area contributed by atoms with Crippen molar-refractivity contribution >= 4 is 33.5 Å². The van der Waals surface area contributed by atoms with E-state index >= 15 is 0 Å². The lowest BCUT2D eigenvalue weighted by molar-refractivity contribution is -0.142. The van der Waals surface area contributed by atoms with Gasteiger partial charge in [-0.3, -0.25) is 9.59 Å². The van der Waals surface area contributed by atoms with Crippen molar-refractivity contribution in [2.24, 2.45) is 17.6 Å². The molecule has 0 spiro atoms. The summed E-state index contributed by atoms with van der Waals surface area (Å²) in [6, 6.07) is 5.08. The number of benzene rings is 1. The fraction of sp³-hybridized carbons (Fsp3) is 0.429. The number of carbonyl (C=O) groups excluding carboxylic acids is 1. The second kappa shape index (κ2) is 6.26. The zero-order valence-electron chi connectivity index (χ0n) is 10.9. The lowest BCUT2D eigenvalue weighted by Crippen LogP contribution is -2.24. The minimum absolute atomic E-state index is 0.148. The van der Waals surface area contributed by atoms with Crippen molar-refractivity contribution in [3.05, 3.63) is 28.2 Å². The first-order valence-corrected chi connectivity index (χ1v) is 7.34. The van der Waals surface area contributed by atoms with Crippen LogP contribution in [0.25, 0.3) is 0 Å². The molecule has 1 amide bonds. The summed E-state index contributed by atoms with van der Waals surface area (Å²) in [7, 11) is 0. The first kappa shape index (κ1) is 14.8. The first-order valence-electron chi connectivity index (χ1n) is 6.55. The zero-order valence-corrected chi connectivity index (χ0v) is 12.5. The third kappa shape index (κ3) is 3.30. The van der Waals surface area contributed by atoms with E-state index in [1.165, 1.54) is 0 Å². The Labute approximate surface area is 125 Å². The molecular formula is C14H17BrN2O3. The van der Waals surface area contributed by atoms with Crippen molar-refractivity contribution in [2.75, 3.05) is 11.9 Å². The van der Waals surface area contributed by atoms with E-state index in [2.05, 4.69) is 21.2 Å². The molecule has 2 unspecified atom stereocenters. The van der Waals surface area contributed by atoms with E-state index in [9.17, 15) is 9.59 Å². The van der Waals surface area contributed by atoms with Crippen LogP contribution in [0.5, 0.6) is 0 Å². The summed E-state index contributed by atoms with van der Waals surface area (Å²) in [4.78, 5) is 22.2. The Bertz CT molecular complexity index is 533. The normalized spacial score (nSPS) is 21.6. The molecule has 1 aromatic carbocycles. The number of hydrogen-bond acceptors (Lipinski definition) is 3. The maximum Gasteiger partial charge on any atom is 0.306 e. The molecule has 1 saturated carbocycles. The van der Waals surface area contributed by atoms with Crippen molar-refractivity contribution in [2.45, 2.75) is 19.3 Å². The number of amides is 1. The molecule has 0 aromatic heterocycles. The van der Waals surface area contributed by atoms with Gasteiger partial charge in [-0.2, -0.15) is 0 Å². The number of carboxylic acid groups (broad SMARTS) is 1. The van der Waals surface area contributed by atoms with E-state index in [1.807, 2.05) is 0 Å². The van der Waals surface area contributed by atoms with E-state index in [-0.39, 0.29) is 11.8 Å². The molecule has 20 heavy (non-hydrogen) atoms. The molecule has 1 aromatic rings. The second-order valence-electron chi connectivity index (χ2n) is 5.08. The SMILES string of the molecule is NC(=O)c1ccc(NCC2CCCC2C(=O)O)c(Br)c1. The van der Waals surface area contributed by atoms with Crippen molar-refractivity contribution < 1.29 is 14.7 Å². The summed E-state index contributed by atoms with van der Waals surface area (Å²) in [6.45, 7) is 0.617. The summed E-state index contributed by atoms with van der Waals surface area (Å²) >= 11 is 3.38. The zero-order chi connectivity index (χ0) is 14.7. The number of carbonyl (C=O) groups is 2. The summed E-state index contributed by atoms with van der Waals surface area (Å²) in [5.74, 6) is -1.29. The van der Waals surface area contributed by atoms with Crippen LogP contribution in [-0.2, 0) is 4.79 Å². The highest BCUT2D eigenvalue weighted by molar-refractivity contribution is 9.10. The molecule has 1 aliphatic rings. The number of primary amides is 1. The van der Waals surface area contributed by atoms with Gasteiger partial charge in [-0.05, 0) is 52.9 Å². The van der Waals surface area contributed by atoms with Crippen molar-refractivity contribution in [3.8, 4) is 0 Å². The number of rotatable bonds is 5. The molecule has 0 aliphatic heterocycles. The molecule has 0 saturated heterocycles. The van der Waals surface area contributed by atoms with Gasteiger partial charge in [-0.15, -0.1) is 0 Å². The lowest BCUT2D eigenvalue weighted by Gasteiger charge is -2.18. The Balaban J connectivity index is 2.00. The number of nitrogens with one attached hydrogen (secondary N) is 1. The van der Waals surface area contributed by atoms with Crippen LogP contribution in [0.15, 0.2) is 22.7 Å². The fourth-order valence-electron chi connectivity index (χ4n) is 2.66. The molecule has 108 valence electrons. The highest BCUT2D eigenvalue weighted by atomic mass is 79.9. The van der Waals surface area contributed by atoms with Crippen LogP contribution in [0.1, 0.15) is 29.6 Å². The first-order chi connectivity index (χ1) is 9.49. The van der Waals surface area contributed by atoms with Gasteiger partial charge in [0.1, 0.15) is 0 Å². The maximum atomic E-state index is 11.1. The third-order valence-electron chi connectivity index (χ3n) is 3.78. The average Bonchev–Trinajstić information content (AvgIpc) is 2.85. The maximum absolute atomic E-state index is 11.1. The lowest BCUT2D eigenvalue weighted by atomic mass is 9.96. The predicted molar refractivity (Wildman–Crippen MR) is 79.6 cm³/mol. The van der Waals surface area contributed by atoms with Crippen LogP contribution in [0.3, 0.4) is 0 Å². The van der Waals surface area contributed by atoms with E-state index in [0.717, 1.165) is 29.4 Å². The Kier molecular flexibility index (Phi) is 4.65. The van der Waals surface area contributed by atoms with Gasteiger partial charge < -0.3 is 16.2 Å². The van der Waals surface area contributed by atoms with Gasteiger partial charge in [0.15, 0.2) is 0 Å². The van der Waals surface area contributed by atoms with Gasteiger partial charge in [0.25, 0.3) is 0 Å². The Morgan fingerprint density at radius 1 is 1.40 bits per heavy atom. The number of aliphatic carboxylic acids is 1. The predicted octanol–water partition coefficient (Wildman–Crippen LogP) is 2.46. The van der Waals surface area contributed by atoms with Crippen molar-refractivity contribution in [3.63, 3.8) is 0 Å². The second-order valence-corrected chi connectivity index (χ2v) is 5.93. The Morgan fingerprint density at radius 3 is 2.75 bits per heavy atom. The largest absolute Gasteiger partial charge is 0.481 e. The van der Waals surface area contributed by atoms with Gasteiger partial charge in [-0.1, -0.05) is 6.42 Å². The van der Waals surface area contributed by atoms with Crippen LogP contribution in [0.4, 0.5) is 5.69 Å².